The Kier molecular flexibility index (Phi) is 5.66. The van der Waals surface area contributed by atoms with Gasteiger partial charge in [-0.2, -0.15) is 0 Å². The molecule has 1 aliphatic heterocycles. The zero-order chi connectivity index (χ0) is 13.5. The molecule has 1 aliphatic rings. The Balaban J connectivity index is 1.67. The van der Waals surface area contributed by atoms with Crippen molar-refractivity contribution in [2.45, 2.75) is 37.6 Å². The van der Waals surface area contributed by atoms with E-state index < -0.39 is 0 Å². The monoisotopic (exact) mass is 279 g/mol. The van der Waals surface area contributed by atoms with E-state index in [-0.39, 0.29) is 11.9 Å². The van der Waals surface area contributed by atoms with Crippen molar-refractivity contribution in [3.8, 4) is 0 Å². The molecular weight excluding hydrogens is 258 g/mol. The maximum Gasteiger partial charge on any atom is 0.230 e. The highest BCUT2D eigenvalue weighted by atomic mass is 32.2. The third kappa shape index (κ3) is 4.84. The number of hydrogen-bond donors (Lipinski definition) is 2. The molecular formula is C14H21N3OS. The number of nitrogens with zero attached hydrogens (tertiary/aromatic N) is 1. The lowest BCUT2D eigenvalue weighted by atomic mass is 10.00. The molecule has 2 atom stereocenters. The van der Waals surface area contributed by atoms with E-state index in [1.807, 2.05) is 18.2 Å². The van der Waals surface area contributed by atoms with Crippen LogP contribution in [0.4, 0.5) is 0 Å². The van der Waals surface area contributed by atoms with Gasteiger partial charge in [0.2, 0.25) is 5.91 Å². The van der Waals surface area contributed by atoms with Crippen molar-refractivity contribution in [3.05, 3.63) is 30.1 Å². The van der Waals surface area contributed by atoms with Gasteiger partial charge in [0.05, 0.1) is 11.4 Å². The van der Waals surface area contributed by atoms with E-state index >= 15 is 0 Å². The maximum atomic E-state index is 11.9. The lowest BCUT2D eigenvalue weighted by Crippen LogP contribution is -2.52. The SMILES string of the molecule is CC1NCCCC1NC(=O)CSCc1ccccn1. The molecule has 19 heavy (non-hydrogen) atoms. The van der Waals surface area contributed by atoms with E-state index in [0.29, 0.717) is 11.8 Å². The van der Waals surface area contributed by atoms with Crippen molar-refractivity contribution in [3.63, 3.8) is 0 Å². The minimum absolute atomic E-state index is 0.126. The molecule has 2 N–H and O–H groups in total. The van der Waals surface area contributed by atoms with Gasteiger partial charge in [0.1, 0.15) is 0 Å². The number of nitrogens with one attached hydrogen (secondary N) is 2. The number of pyridine rings is 1. The van der Waals surface area contributed by atoms with Gasteiger partial charge >= 0.3 is 0 Å². The van der Waals surface area contributed by atoms with E-state index in [4.69, 9.17) is 0 Å². The summed E-state index contributed by atoms with van der Waals surface area (Å²) < 4.78 is 0. The molecule has 2 heterocycles. The number of carbonyl (C=O) groups excluding carboxylic acids is 1. The number of carbonyl (C=O) groups is 1. The van der Waals surface area contributed by atoms with Crippen LogP contribution in [0.1, 0.15) is 25.5 Å². The Morgan fingerprint density at radius 1 is 1.58 bits per heavy atom. The first-order valence-corrected chi connectivity index (χ1v) is 7.91. The van der Waals surface area contributed by atoms with Gasteiger partial charge in [-0.25, -0.2) is 0 Å². The molecule has 2 rings (SSSR count). The lowest BCUT2D eigenvalue weighted by Gasteiger charge is -2.30. The van der Waals surface area contributed by atoms with Crippen LogP contribution >= 0.6 is 11.8 Å². The summed E-state index contributed by atoms with van der Waals surface area (Å²) in [6.07, 6.45) is 3.99. The first-order chi connectivity index (χ1) is 9.25. The largest absolute Gasteiger partial charge is 0.351 e. The van der Waals surface area contributed by atoms with Crippen LogP contribution in [0.5, 0.6) is 0 Å². The Morgan fingerprint density at radius 2 is 2.47 bits per heavy atom. The highest BCUT2D eigenvalue weighted by Gasteiger charge is 2.21. The molecule has 0 radical (unpaired) electrons. The highest BCUT2D eigenvalue weighted by Crippen LogP contribution is 2.11. The average molecular weight is 279 g/mol. The number of piperidine rings is 1. The standard InChI is InChI=1S/C14H21N3OS/c1-11-13(6-4-8-15-11)17-14(18)10-19-9-12-5-2-3-7-16-12/h2-3,5,7,11,13,15H,4,6,8-10H2,1H3,(H,17,18). The maximum absolute atomic E-state index is 11.9. The Morgan fingerprint density at radius 3 is 3.21 bits per heavy atom. The number of thioether (sulfide) groups is 1. The normalized spacial score (nSPS) is 23.0. The molecule has 4 nitrogen and oxygen atoms in total. The minimum Gasteiger partial charge on any atom is -0.351 e. The molecule has 1 aromatic heterocycles. The molecule has 1 saturated heterocycles. The fourth-order valence-electron chi connectivity index (χ4n) is 2.22. The molecule has 0 saturated carbocycles. The van der Waals surface area contributed by atoms with Crippen LogP contribution in [0.25, 0.3) is 0 Å². The molecule has 0 aromatic carbocycles. The van der Waals surface area contributed by atoms with Crippen molar-refractivity contribution >= 4 is 17.7 Å². The molecule has 2 unspecified atom stereocenters. The second kappa shape index (κ2) is 7.50. The molecule has 5 heteroatoms. The third-order valence-corrected chi connectivity index (χ3v) is 4.28. The van der Waals surface area contributed by atoms with Gasteiger partial charge in [0.15, 0.2) is 0 Å². The van der Waals surface area contributed by atoms with Crippen molar-refractivity contribution < 1.29 is 4.79 Å². The van der Waals surface area contributed by atoms with Crippen LogP contribution in [0.15, 0.2) is 24.4 Å². The number of aromatic nitrogens is 1. The topological polar surface area (TPSA) is 54.0 Å². The van der Waals surface area contributed by atoms with E-state index in [0.717, 1.165) is 30.8 Å². The first-order valence-electron chi connectivity index (χ1n) is 6.76. The van der Waals surface area contributed by atoms with Gasteiger partial charge in [-0.3, -0.25) is 9.78 Å². The minimum atomic E-state index is 0.126. The van der Waals surface area contributed by atoms with Gasteiger partial charge in [-0.1, -0.05) is 6.07 Å². The van der Waals surface area contributed by atoms with Crippen molar-refractivity contribution in [2.24, 2.45) is 0 Å². The predicted octanol–water partition coefficient (Wildman–Crippen LogP) is 1.57. The molecule has 1 aromatic rings. The smallest absolute Gasteiger partial charge is 0.230 e. The fraction of sp³-hybridized carbons (Fsp3) is 0.571. The average Bonchev–Trinajstić information content (AvgIpc) is 2.43. The third-order valence-electron chi connectivity index (χ3n) is 3.32. The zero-order valence-electron chi connectivity index (χ0n) is 11.3. The molecule has 0 spiro atoms. The van der Waals surface area contributed by atoms with Crippen molar-refractivity contribution in [1.82, 2.24) is 15.6 Å². The summed E-state index contributed by atoms with van der Waals surface area (Å²) in [6, 6.07) is 6.50. The summed E-state index contributed by atoms with van der Waals surface area (Å²) in [5.41, 5.74) is 1.02. The summed E-state index contributed by atoms with van der Waals surface area (Å²) in [6.45, 7) is 3.19. The van der Waals surface area contributed by atoms with E-state index in [2.05, 4.69) is 22.5 Å². The summed E-state index contributed by atoms with van der Waals surface area (Å²) >= 11 is 1.61. The summed E-state index contributed by atoms with van der Waals surface area (Å²) in [4.78, 5) is 16.1. The quantitative estimate of drug-likeness (QED) is 0.859. The highest BCUT2D eigenvalue weighted by molar-refractivity contribution is 7.99. The number of rotatable bonds is 5. The van der Waals surface area contributed by atoms with Crippen LogP contribution in [-0.2, 0) is 10.5 Å². The van der Waals surface area contributed by atoms with Crippen LogP contribution in [-0.4, -0.2) is 35.3 Å². The van der Waals surface area contributed by atoms with Crippen LogP contribution in [0.3, 0.4) is 0 Å². The lowest BCUT2D eigenvalue weighted by molar-refractivity contribution is -0.119. The first kappa shape index (κ1) is 14.3. The van der Waals surface area contributed by atoms with Gasteiger partial charge < -0.3 is 10.6 Å². The Bertz CT molecular complexity index is 399. The van der Waals surface area contributed by atoms with Crippen LogP contribution in [0, 0.1) is 0 Å². The van der Waals surface area contributed by atoms with E-state index in [1.165, 1.54) is 0 Å². The predicted molar refractivity (Wildman–Crippen MR) is 79.0 cm³/mol. The summed E-state index contributed by atoms with van der Waals surface area (Å²) in [5, 5.41) is 6.50. The molecule has 1 fully saturated rings. The van der Waals surface area contributed by atoms with Crippen LogP contribution in [0.2, 0.25) is 0 Å². The number of hydrogen-bond acceptors (Lipinski definition) is 4. The van der Waals surface area contributed by atoms with Crippen LogP contribution < -0.4 is 10.6 Å². The van der Waals surface area contributed by atoms with Gasteiger partial charge in [0.25, 0.3) is 0 Å². The molecule has 1 amide bonds. The van der Waals surface area contributed by atoms with Crippen molar-refractivity contribution in [1.29, 1.82) is 0 Å². The second-order valence-electron chi connectivity index (χ2n) is 4.87. The van der Waals surface area contributed by atoms with Gasteiger partial charge in [-0.05, 0) is 38.4 Å². The Hall–Kier alpha value is -1.07. The molecule has 0 aliphatic carbocycles. The summed E-state index contributed by atoms with van der Waals surface area (Å²) in [7, 11) is 0. The van der Waals surface area contributed by atoms with E-state index in [9.17, 15) is 4.79 Å². The van der Waals surface area contributed by atoms with Gasteiger partial charge in [0, 0.05) is 24.0 Å². The number of amides is 1. The van der Waals surface area contributed by atoms with Crippen molar-refractivity contribution in [2.75, 3.05) is 12.3 Å². The fourth-order valence-corrected chi connectivity index (χ4v) is 2.97. The van der Waals surface area contributed by atoms with E-state index in [1.54, 1.807) is 18.0 Å². The second-order valence-corrected chi connectivity index (χ2v) is 5.86. The Labute approximate surface area is 118 Å². The van der Waals surface area contributed by atoms with Gasteiger partial charge in [-0.15, -0.1) is 11.8 Å². The summed E-state index contributed by atoms with van der Waals surface area (Å²) in [5.74, 6) is 1.41. The molecule has 0 bridgehead atoms. The zero-order valence-corrected chi connectivity index (χ0v) is 12.1. The molecule has 104 valence electrons.